The van der Waals surface area contributed by atoms with Crippen LogP contribution in [0.1, 0.15) is 23.6 Å². The first-order valence-electron chi connectivity index (χ1n) is 5.22. The van der Waals surface area contributed by atoms with Gasteiger partial charge in [0.05, 0.1) is 16.7 Å². The molecule has 94 valence electrons. The number of hydrogen-bond donors (Lipinski definition) is 2. The van der Waals surface area contributed by atoms with E-state index in [0.29, 0.717) is 13.1 Å². The molecule has 0 saturated heterocycles. The van der Waals surface area contributed by atoms with E-state index in [4.69, 9.17) is 5.73 Å². The van der Waals surface area contributed by atoms with Gasteiger partial charge in [-0.05, 0) is 26.0 Å². The molecule has 17 heavy (non-hydrogen) atoms. The van der Waals surface area contributed by atoms with Gasteiger partial charge in [0.15, 0.2) is 0 Å². The summed E-state index contributed by atoms with van der Waals surface area (Å²) in [6.07, 6.45) is 0. The maximum absolute atomic E-state index is 11.5. The molecule has 1 aromatic heterocycles. The van der Waals surface area contributed by atoms with E-state index in [2.05, 4.69) is 16.6 Å². The van der Waals surface area contributed by atoms with E-state index in [1.165, 1.54) is 11.3 Å². The lowest BCUT2D eigenvalue weighted by molar-refractivity contribution is 0.572. The lowest BCUT2D eigenvalue weighted by atomic mass is 10.4. The van der Waals surface area contributed by atoms with Gasteiger partial charge in [-0.2, -0.15) is 0 Å². The van der Waals surface area contributed by atoms with Gasteiger partial charge in [-0.15, -0.1) is 11.3 Å². The number of thiophene rings is 1. The SMILES string of the molecule is CC(C)S(=O)(=O)NCc1ccc(C#CCN)s1. The molecule has 0 unspecified atom stereocenters. The van der Waals surface area contributed by atoms with Crippen molar-refractivity contribution in [2.75, 3.05) is 6.54 Å². The minimum Gasteiger partial charge on any atom is -0.320 e. The van der Waals surface area contributed by atoms with Crippen LogP contribution in [-0.4, -0.2) is 20.2 Å². The zero-order valence-electron chi connectivity index (χ0n) is 9.86. The molecule has 0 fully saturated rings. The first kappa shape index (κ1) is 14.2. The van der Waals surface area contributed by atoms with Gasteiger partial charge in [0, 0.05) is 11.4 Å². The van der Waals surface area contributed by atoms with E-state index < -0.39 is 15.3 Å². The average Bonchev–Trinajstić information content (AvgIpc) is 2.71. The fourth-order valence-corrected chi connectivity index (χ4v) is 2.62. The van der Waals surface area contributed by atoms with Gasteiger partial charge in [-0.1, -0.05) is 11.8 Å². The second kappa shape index (κ2) is 6.17. The summed E-state index contributed by atoms with van der Waals surface area (Å²) in [5, 5.41) is -0.418. The Hall–Kier alpha value is -0.870. The molecule has 0 aliphatic heterocycles. The molecule has 0 atom stereocenters. The molecule has 3 N–H and O–H groups in total. The molecule has 0 aliphatic rings. The first-order chi connectivity index (χ1) is 7.95. The zero-order chi connectivity index (χ0) is 12.9. The van der Waals surface area contributed by atoms with Gasteiger partial charge < -0.3 is 5.73 Å². The Kier molecular flexibility index (Phi) is 5.15. The molecule has 4 nitrogen and oxygen atoms in total. The van der Waals surface area contributed by atoms with Crippen molar-refractivity contribution in [1.29, 1.82) is 0 Å². The molecule has 6 heteroatoms. The molecule has 0 saturated carbocycles. The summed E-state index contributed by atoms with van der Waals surface area (Å²) >= 11 is 1.47. The number of nitrogens with one attached hydrogen (secondary N) is 1. The molecule has 0 amide bonds. The fraction of sp³-hybridized carbons (Fsp3) is 0.455. The Morgan fingerprint density at radius 2 is 2.18 bits per heavy atom. The maximum Gasteiger partial charge on any atom is 0.214 e. The molecule has 1 rings (SSSR count). The van der Waals surface area contributed by atoms with E-state index in [9.17, 15) is 8.42 Å². The standard InChI is InChI=1S/C11H16N2O2S2/c1-9(2)17(14,15)13-8-11-6-5-10(16-11)4-3-7-12/h5-6,9,13H,7-8,12H2,1-2H3. The van der Waals surface area contributed by atoms with Gasteiger partial charge in [-0.3, -0.25) is 0 Å². The second-order valence-corrected chi connectivity index (χ2v) is 7.18. The Morgan fingerprint density at radius 3 is 2.76 bits per heavy atom. The highest BCUT2D eigenvalue weighted by atomic mass is 32.2. The number of nitrogens with two attached hydrogens (primary N) is 1. The van der Waals surface area contributed by atoms with Crippen LogP contribution in [0.2, 0.25) is 0 Å². The highest BCUT2D eigenvalue weighted by molar-refractivity contribution is 7.90. The minimum atomic E-state index is -3.20. The van der Waals surface area contributed by atoms with Crippen molar-refractivity contribution in [1.82, 2.24) is 4.72 Å². The number of rotatable bonds is 4. The predicted molar refractivity (Wildman–Crippen MR) is 71.1 cm³/mol. The highest BCUT2D eigenvalue weighted by Gasteiger charge is 2.15. The second-order valence-electron chi connectivity index (χ2n) is 3.69. The monoisotopic (exact) mass is 272 g/mol. The average molecular weight is 272 g/mol. The normalized spacial score (nSPS) is 11.3. The summed E-state index contributed by atoms with van der Waals surface area (Å²) in [7, 11) is -3.20. The summed E-state index contributed by atoms with van der Waals surface area (Å²) in [6, 6.07) is 3.74. The van der Waals surface area contributed by atoms with Gasteiger partial charge in [0.25, 0.3) is 0 Å². The van der Waals surface area contributed by atoms with Gasteiger partial charge in [0.1, 0.15) is 0 Å². The predicted octanol–water partition coefficient (Wildman–Crippen LogP) is 0.886. The molecule has 0 spiro atoms. The first-order valence-corrected chi connectivity index (χ1v) is 7.58. The van der Waals surface area contributed by atoms with Crippen LogP contribution in [0, 0.1) is 11.8 Å². The third-order valence-electron chi connectivity index (χ3n) is 2.04. The van der Waals surface area contributed by atoms with Crippen LogP contribution in [0.15, 0.2) is 12.1 Å². The Balaban J connectivity index is 2.62. The fourth-order valence-electron chi connectivity index (χ4n) is 1.02. The van der Waals surface area contributed by atoms with Crippen molar-refractivity contribution < 1.29 is 8.42 Å². The molecule has 1 aromatic rings. The van der Waals surface area contributed by atoms with E-state index in [-0.39, 0.29) is 0 Å². The molecule has 0 aromatic carbocycles. The smallest absolute Gasteiger partial charge is 0.214 e. The van der Waals surface area contributed by atoms with Gasteiger partial charge in [-0.25, -0.2) is 13.1 Å². The Bertz CT molecular complexity index is 521. The van der Waals surface area contributed by atoms with Crippen molar-refractivity contribution in [2.24, 2.45) is 5.73 Å². The topological polar surface area (TPSA) is 72.2 Å². The lowest BCUT2D eigenvalue weighted by Crippen LogP contribution is -2.29. The maximum atomic E-state index is 11.5. The number of sulfonamides is 1. The zero-order valence-corrected chi connectivity index (χ0v) is 11.5. The molecule has 0 radical (unpaired) electrons. The van der Waals surface area contributed by atoms with Crippen LogP contribution in [0.5, 0.6) is 0 Å². The van der Waals surface area contributed by atoms with Gasteiger partial charge in [0.2, 0.25) is 10.0 Å². The van der Waals surface area contributed by atoms with Crippen LogP contribution >= 0.6 is 11.3 Å². The summed E-state index contributed by atoms with van der Waals surface area (Å²) in [5.74, 6) is 5.67. The summed E-state index contributed by atoms with van der Waals surface area (Å²) in [6.45, 7) is 3.94. The van der Waals surface area contributed by atoms with Gasteiger partial charge >= 0.3 is 0 Å². The largest absolute Gasteiger partial charge is 0.320 e. The van der Waals surface area contributed by atoms with E-state index >= 15 is 0 Å². The van der Waals surface area contributed by atoms with Crippen molar-refractivity contribution in [3.63, 3.8) is 0 Å². The summed E-state index contributed by atoms with van der Waals surface area (Å²) < 4.78 is 25.6. The summed E-state index contributed by atoms with van der Waals surface area (Å²) in [4.78, 5) is 1.84. The lowest BCUT2D eigenvalue weighted by Gasteiger charge is -2.07. The van der Waals surface area contributed by atoms with E-state index in [1.54, 1.807) is 13.8 Å². The molecule has 0 aliphatic carbocycles. The molecule has 1 heterocycles. The van der Waals surface area contributed by atoms with Crippen LogP contribution < -0.4 is 10.5 Å². The third kappa shape index (κ3) is 4.48. The Morgan fingerprint density at radius 1 is 1.47 bits per heavy atom. The molecular weight excluding hydrogens is 256 g/mol. The van der Waals surface area contributed by atoms with Crippen LogP contribution in [-0.2, 0) is 16.6 Å². The van der Waals surface area contributed by atoms with Crippen molar-refractivity contribution in [3.05, 3.63) is 21.9 Å². The molecular formula is C11H16N2O2S2. The van der Waals surface area contributed by atoms with Crippen LogP contribution in [0.25, 0.3) is 0 Å². The van der Waals surface area contributed by atoms with Crippen LogP contribution in [0.3, 0.4) is 0 Å². The highest BCUT2D eigenvalue weighted by Crippen LogP contribution is 2.15. The van der Waals surface area contributed by atoms with E-state index in [1.807, 2.05) is 12.1 Å². The van der Waals surface area contributed by atoms with E-state index in [0.717, 1.165) is 9.75 Å². The van der Waals surface area contributed by atoms with Crippen LogP contribution in [0.4, 0.5) is 0 Å². The van der Waals surface area contributed by atoms with Crippen molar-refractivity contribution in [3.8, 4) is 11.8 Å². The molecule has 0 bridgehead atoms. The summed E-state index contributed by atoms with van der Waals surface area (Å²) in [5.41, 5.74) is 5.27. The third-order valence-corrected chi connectivity index (χ3v) is 4.83. The van der Waals surface area contributed by atoms with Crippen molar-refractivity contribution >= 4 is 21.4 Å². The van der Waals surface area contributed by atoms with Crippen molar-refractivity contribution in [2.45, 2.75) is 25.6 Å². The Labute approximate surface area is 106 Å². The quantitative estimate of drug-likeness (QED) is 0.799. The number of hydrogen-bond acceptors (Lipinski definition) is 4. The minimum absolute atomic E-state index is 0.315.